The molecular formula is C22H21N5O3S. The van der Waals surface area contributed by atoms with Gasteiger partial charge in [-0.2, -0.15) is 0 Å². The third-order valence-electron chi connectivity index (χ3n) is 4.83. The zero-order valence-corrected chi connectivity index (χ0v) is 18.0. The van der Waals surface area contributed by atoms with E-state index in [0.717, 1.165) is 6.42 Å². The van der Waals surface area contributed by atoms with E-state index in [4.69, 9.17) is 0 Å². The van der Waals surface area contributed by atoms with Crippen LogP contribution in [-0.2, 0) is 11.3 Å². The Bertz CT molecular complexity index is 1340. The Morgan fingerprint density at radius 3 is 2.52 bits per heavy atom. The van der Waals surface area contributed by atoms with Gasteiger partial charge >= 0.3 is 0 Å². The van der Waals surface area contributed by atoms with E-state index in [1.165, 1.54) is 18.7 Å². The van der Waals surface area contributed by atoms with Gasteiger partial charge in [0.25, 0.3) is 5.56 Å². The lowest BCUT2D eigenvalue weighted by molar-refractivity contribution is -0.113. The molecule has 0 spiro atoms. The zero-order chi connectivity index (χ0) is 22.0. The maximum absolute atomic E-state index is 12.9. The highest BCUT2D eigenvalue weighted by atomic mass is 32.2. The summed E-state index contributed by atoms with van der Waals surface area (Å²) >= 11 is 1.25. The molecule has 0 bridgehead atoms. The number of aryl methyl sites for hydroxylation is 1. The molecule has 0 atom stereocenters. The molecule has 0 aliphatic heterocycles. The van der Waals surface area contributed by atoms with Crippen molar-refractivity contribution in [3.63, 3.8) is 0 Å². The summed E-state index contributed by atoms with van der Waals surface area (Å²) in [4.78, 5) is 36.7. The smallest absolute Gasteiger partial charge is 0.262 e. The molecule has 0 radical (unpaired) electrons. The number of anilines is 1. The van der Waals surface area contributed by atoms with Crippen LogP contribution in [0.2, 0.25) is 0 Å². The SMILES string of the molecule is CCCn1c(=O)c2ccccc2n2c(SCC(=O)Nc3ccc(C(C)=O)cc3)nnc12. The highest BCUT2D eigenvalue weighted by Gasteiger charge is 2.17. The molecule has 4 rings (SSSR count). The van der Waals surface area contributed by atoms with E-state index in [0.29, 0.717) is 39.6 Å². The van der Waals surface area contributed by atoms with E-state index in [2.05, 4.69) is 15.5 Å². The lowest BCUT2D eigenvalue weighted by atomic mass is 10.1. The van der Waals surface area contributed by atoms with Crippen molar-refractivity contribution >= 4 is 45.8 Å². The monoisotopic (exact) mass is 435 g/mol. The number of hydrogen-bond acceptors (Lipinski definition) is 6. The fourth-order valence-corrected chi connectivity index (χ4v) is 4.11. The predicted octanol–water partition coefficient (Wildman–Crippen LogP) is 3.39. The van der Waals surface area contributed by atoms with Crippen LogP contribution in [0.25, 0.3) is 16.7 Å². The van der Waals surface area contributed by atoms with E-state index < -0.39 is 0 Å². The van der Waals surface area contributed by atoms with Gasteiger partial charge < -0.3 is 5.32 Å². The van der Waals surface area contributed by atoms with Gasteiger partial charge in [-0.1, -0.05) is 30.8 Å². The van der Waals surface area contributed by atoms with Crippen LogP contribution in [0.3, 0.4) is 0 Å². The normalized spacial score (nSPS) is 11.2. The zero-order valence-electron chi connectivity index (χ0n) is 17.2. The summed E-state index contributed by atoms with van der Waals surface area (Å²) in [5.74, 6) is 0.355. The van der Waals surface area contributed by atoms with Crippen molar-refractivity contribution in [1.82, 2.24) is 19.2 Å². The molecule has 2 aromatic heterocycles. The molecule has 0 unspecified atom stereocenters. The summed E-state index contributed by atoms with van der Waals surface area (Å²) in [7, 11) is 0. The van der Waals surface area contributed by atoms with Crippen LogP contribution in [0.1, 0.15) is 30.6 Å². The molecule has 8 nitrogen and oxygen atoms in total. The number of nitrogens with one attached hydrogen (secondary N) is 1. The number of benzene rings is 2. The number of Topliss-reactive ketones (excluding diaryl/α,β-unsaturated/α-hetero) is 1. The average molecular weight is 436 g/mol. The van der Waals surface area contributed by atoms with Crippen LogP contribution in [-0.4, -0.2) is 36.6 Å². The van der Waals surface area contributed by atoms with E-state index in [1.54, 1.807) is 34.9 Å². The van der Waals surface area contributed by atoms with Gasteiger partial charge in [-0.15, -0.1) is 10.2 Å². The molecule has 0 saturated carbocycles. The maximum atomic E-state index is 12.9. The number of ketones is 1. The van der Waals surface area contributed by atoms with Crippen LogP contribution >= 0.6 is 11.8 Å². The Morgan fingerprint density at radius 2 is 1.81 bits per heavy atom. The first-order chi connectivity index (χ1) is 15.0. The summed E-state index contributed by atoms with van der Waals surface area (Å²) in [6.45, 7) is 4.03. The highest BCUT2D eigenvalue weighted by molar-refractivity contribution is 7.99. The number of aromatic nitrogens is 4. The molecule has 0 aliphatic rings. The van der Waals surface area contributed by atoms with Crippen LogP contribution in [0, 0.1) is 0 Å². The molecule has 9 heteroatoms. The number of carbonyl (C=O) groups is 2. The topological polar surface area (TPSA) is 98.4 Å². The summed E-state index contributed by atoms with van der Waals surface area (Å²) in [6, 6.07) is 14.1. The van der Waals surface area contributed by atoms with Gasteiger partial charge in [0.1, 0.15) is 0 Å². The van der Waals surface area contributed by atoms with Crippen molar-refractivity contribution in [2.75, 3.05) is 11.1 Å². The average Bonchev–Trinajstić information content (AvgIpc) is 3.19. The Balaban J connectivity index is 1.59. The number of carbonyl (C=O) groups excluding carboxylic acids is 2. The molecule has 0 aliphatic carbocycles. The van der Waals surface area contributed by atoms with E-state index in [1.807, 2.05) is 29.5 Å². The number of amides is 1. The molecule has 31 heavy (non-hydrogen) atoms. The van der Waals surface area contributed by atoms with Crippen LogP contribution < -0.4 is 10.9 Å². The van der Waals surface area contributed by atoms with Crippen molar-refractivity contribution in [2.24, 2.45) is 0 Å². The largest absolute Gasteiger partial charge is 0.325 e. The summed E-state index contributed by atoms with van der Waals surface area (Å²) in [6.07, 6.45) is 0.786. The van der Waals surface area contributed by atoms with Gasteiger partial charge in [-0.25, -0.2) is 0 Å². The third-order valence-corrected chi connectivity index (χ3v) is 5.76. The highest BCUT2D eigenvalue weighted by Crippen LogP contribution is 2.22. The lowest BCUT2D eigenvalue weighted by Crippen LogP contribution is -2.23. The van der Waals surface area contributed by atoms with Crippen molar-refractivity contribution in [3.8, 4) is 0 Å². The van der Waals surface area contributed by atoms with Gasteiger partial charge in [0, 0.05) is 17.8 Å². The number of fused-ring (bicyclic) bond motifs is 3. The quantitative estimate of drug-likeness (QED) is 0.353. The van der Waals surface area contributed by atoms with Gasteiger partial charge in [-0.3, -0.25) is 23.4 Å². The van der Waals surface area contributed by atoms with E-state index in [9.17, 15) is 14.4 Å². The molecule has 1 amide bonds. The first-order valence-electron chi connectivity index (χ1n) is 9.90. The molecule has 0 fully saturated rings. The Morgan fingerprint density at radius 1 is 1.06 bits per heavy atom. The van der Waals surface area contributed by atoms with Crippen molar-refractivity contribution in [3.05, 3.63) is 64.4 Å². The first-order valence-corrected chi connectivity index (χ1v) is 10.9. The molecule has 158 valence electrons. The predicted molar refractivity (Wildman–Crippen MR) is 121 cm³/mol. The van der Waals surface area contributed by atoms with Gasteiger partial charge in [0.05, 0.1) is 16.7 Å². The maximum Gasteiger partial charge on any atom is 0.262 e. The van der Waals surface area contributed by atoms with E-state index >= 15 is 0 Å². The van der Waals surface area contributed by atoms with Crippen molar-refractivity contribution < 1.29 is 9.59 Å². The van der Waals surface area contributed by atoms with E-state index in [-0.39, 0.29) is 23.0 Å². The molecule has 1 N–H and O–H groups in total. The second-order valence-electron chi connectivity index (χ2n) is 7.06. The molecular weight excluding hydrogens is 414 g/mol. The summed E-state index contributed by atoms with van der Waals surface area (Å²) < 4.78 is 3.45. The molecule has 0 saturated heterocycles. The van der Waals surface area contributed by atoms with Crippen LogP contribution in [0.5, 0.6) is 0 Å². The molecule has 2 aromatic carbocycles. The van der Waals surface area contributed by atoms with Crippen LogP contribution in [0.4, 0.5) is 5.69 Å². The third kappa shape index (κ3) is 4.09. The Labute approximate surface area is 182 Å². The van der Waals surface area contributed by atoms with Gasteiger partial charge in [0.2, 0.25) is 11.7 Å². The second kappa shape index (κ2) is 8.73. The van der Waals surface area contributed by atoms with Crippen molar-refractivity contribution in [1.29, 1.82) is 0 Å². The van der Waals surface area contributed by atoms with Crippen LogP contribution in [0.15, 0.2) is 58.5 Å². The number of thioether (sulfide) groups is 1. The number of rotatable bonds is 7. The minimum absolute atomic E-state index is 0.0270. The summed E-state index contributed by atoms with van der Waals surface area (Å²) in [5.41, 5.74) is 1.82. The Kier molecular flexibility index (Phi) is 5.85. The summed E-state index contributed by atoms with van der Waals surface area (Å²) in [5, 5.41) is 12.4. The Hall–Kier alpha value is -3.46. The standard InChI is InChI=1S/C22H21N5O3S/c1-3-12-26-20(30)17-6-4-5-7-18(17)27-21(26)24-25-22(27)31-13-19(29)23-16-10-8-15(9-11-16)14(2)28/h4-11H,3,12-13H2,1-2H3,(H,23,29). The van der Waals surface area contributed by atoms with Crippen molar-refractivity contribution in [2.45, 2.75) is 32.0 Å². The number of hydrogen-bond donors (Lipinski definition) is 1. The number of nitrogens with zero attached hydrogens (tertiary/aromatic N) is 4. The lowest BCUT2D eigenvalue weighted by Gasteiger charge is -2.10. The first kappa shape index (κ1) is 20.8. The van der Waals surface area contributed by atoms with Gasteiger partial charge in [0.15, 0.2) is 10.9 Å². The fraction of sp³-hybridized carbons (Fsp3) is 0.227. The molecule has 4 aromatic rings. The minimum Gasteiger partial charge on any atom is -0.325 e. The fourth-order valence-electron chi connectivity index (χ4n) is 3.37. The van der Waals surface area contributed by atoms with Gasteiger partial charge in [-0.05, 0) is 49.7 Å². The number of para-hydroxylation sites is 1. The molecule has 2 heterocycles. The second-order valence-corrected chi connectivity index (χ2v) is 8.00. The minimum atomic E-state index is -0.205.